The summed E-state index contributed by atoms with van der Waals surface area (Å²) in [6.45, 7) is 3.72. The second kappa shape index (κ2) is 8.35. The van der Waals surface area contributed by atoms with Crippen molar-refractivity contribution in [2.45, 2.75) is 48.2 Å². The molecule has 0 amide bonds. The van der Waals surface area contributed by atoms with Gasteiger partial charge in [0.25, 0.3) is 20.2 Å². The topological polar surface area (TPSA) is 86.7 Å². The Kier molecular flexibility index (Phi) is 6.51. The maximum absolute atomic E-state index is 12.8. The Bertz CT molecular complexity index is 1150. The molecule has 2 aliphatic rings. The first-order chi connectivity index (χ1) is 13.6. The van der Waals surface area contributed by atoms with E-state index in [0.717, 1.165) is 11.1 Å². The predicted molar refractivity (Wildman–Crippen MR) is 107 cm³/mol. The summed E-state index contributed by atoms with van der Waals surface area (Å²) in [5.41, 5.74) is 0.525. The molecule has 3 unspecified atom stereocenters. The van der Waals surface area contributed by atoms with E-state index in [0.29, 0.717) is 12.8 Å². The second-order valence-electron chi connectivity index (χ2n) is 7.72. The number of aryl methyl sites for hydroxylation is 2. The Balaban J connectivity index is 0.00000256. The van der Waals surface area contributed by atoms with Crippen LogP contribution >= 0.6 is 0 Å². The van der Waals surface area contributed by atoms with Gasteiger partial charge < -0.3 is 0 Å². The molecule has 4 rings (SSSR count). The van der Waals surface area contributed by atoms with Crippen molar-refractivity contribution in [2.75, 3.05) is 0 Å². The molecule has 165 valence electrons. The third-order valence-electron chi connectivity index (χ3n) is 5.42. The molecule has 0 aliphatic heterocycles. The number of hydrogen-bond acceptors (Lipinski definition) is 6. The van der Waals surface area contributed by atoms with E-state index in [4.69, 9.17) is 8.37 Å². The molecule has 0 N–H and O–H groups in total. The summed E-state index contributed by atoms with van der Waals surface area (Å²) >= 11 is 0. The standard InChI is InChI=1S/C21H22O6S2.Au/c1-15-3-7-18(8-4-15)28(22,23)26-20-13-17-11-12-21(20,14-17)27-29(24,25)19-9-5-16(2)6-10-19;/h3-12,17,20H,13-14H2,1-2H3;. The van der Waals surface area contributed by atoms with Crippen LogP contribution in [0.4, 0.5) is 0 Å². The van der Waals surface area contributed by atoms with Gasteiger partial charge in [-0.2, -0.15) is 16.8 Å². The molecule has 0 heterocycles. The van der Waals surface area contributed by atoms with E-state index in [1.165, 1.54) is 24.3 Å². The summed E-state index contributed by atoms with van der Waals surface area (Å²) in [6.07, 6.45) is 3.33. The first-order valence-electron chi connectivity index (χ1n) is 9.31. The maximum Gasteiger partial charge on any atom is 0.297 e. The Morgan fingerprint density at radius 1 is 0.833 bits per heavy atom. The molecule has 1 radical (unpaired) electrons. The molecule has 2 aliphatic carbocycles. The quantitative estimate of drug-likeness (QED) is 0.276. The second-order valence-corrected chi connectivity index (χ2v) is 10.8. The van der Waals surface area contributed by atoms with Crippen molar-refractivity contribution in [2.24, 2.45) is 5.92 Å². The molecule has 0 aromatic heterocycles. The van der Waals surface area contributed by atoms with Crippen LogP contribution in [0, 0.1) is 19.8 Å². The summed E-state index contributed by atoms with van der Waals surface area (Å²) in [4.78, 5) is 0.0627. The van der Waals surface area contributed by atoms with Crippen molar-refractivity contribution in [3.8, 4) is 0 Å². The zero-order valence-electron chi connectivity index (χ0n) is 16.4. The van der Waals surface area contributed by atoms with Crippen molar-refractivity contribution in [3.63, 3.8) is 0 Å². The largest absolute Gasteiger partial charge is 0.297 e. The van der Waals surface area contributed by atoms with E-state index in [-0.39, 0.29) is 38.1 Å². The first kappa shape index (κ1) is 23.4. The van der Waals surface area contributed by atoms with E-state index in [1.54, 1.807) is 30.3 Å². The van der Waals surface area contributed by atoms with Crippen LogP contribution in [0.5, 0.6) is 0 Å². The fourth-order valence-corrected chi connectivity index (χ4v) is 6.16. The fourth-order valence-electron chi connectivity index (χ4n) is 3.83. The molecule has 0 saturated heterocycles. The van der Waals surface area contributed by atoms with Gasteiger partial charge in [-0.1, -0.05) is 47.5 Å². The van der Waals surface area contributed by atoms with Crippen molar-refractivity contribution in [1.82, 2.24) is 0 Å². The van der Waals surface area contributed by atoms with Gasteiger partial charge in [-0.15, -0.1) is 0 Å². The number of hydrogen-bond donors (Lipinski definition) is 0. The average Bonchev–Trinajstić information content (AvgIpc) is 3.18. The summed E-state index contributed by atoms with van der Waals surface area (Å²) < 4.78 is 62.3. The van der Waals surface area contributed by atoms with Gasteiger partial charge in [-0.25, -0.2) is 0 Å². The van der Waals surface area contributed by atoms with Crippen LogP contribution in [0.15, 0.2) is 70.5 Å². The third kappa shape index (κ3) is 4.50. The van der Waals surface area contributed by atoms with Crippen molar-refractivity contribution < 1.29 is 47.6 Å². The van der Waals surface area contributed by atoms with Crippen molar-refractivity contribution in [1.29, 1.82) is 0 Å². The van der Waals surface area contributed by atoms with E-state index in [9.17, 15) is 16.8 Å². The molecule has 2 aromatic carbocycles. The van der Waals surface area contributed by atoms with Gasteiger partial charge in [0.05, 0.1) is 9.79 Å². The monoisotopic (exact) mass is 631 g/mol. The summed E-state index contributed by atoms with van der Waals surface area (Å²) in [5, 5.41) is 0. The minimum atomic E-state index is -4.09. The molecular formula is C21H22AuO6S2. The van der Waals surface area contributed by atoms with Crippen molar-refractivity contribution in [3.05, 3.63) is 71.8 Å². The molecule has 1 saturated carbocycles. The number of fused-ring (bicyclic) bond motifs is 2. The van der Waals surface area contributed by atoms with Gasteiger partial charge in [-0.05, 0) is 56.9 Å². The van der Waals surface area contributed by atoms with Gasteiger partial charge >= 0.3 is 0 Å². The van der Waals surface area contributed by atoms with Gasteiger partial charge in [0.15, 0.2) is 0 Å². The summed E-state index contributed by atoms with van der Waals surface area (Å²) in [7, 11) is -8.14. The van der Waals surface area contributed by atoms with E-state index in [1.807, 2.05) is 19.9 Å². The zero-order valence-corrected chi connectivity index (χ0v) is 20.2. The Morgan fingerprint density at radius 3 is 1.83 bits per heavy atom. The van der Waals surface area contributed by atoms with Crippen LogP contribution < -0.4 is 0 Å². The van der Waals surface area contributed by atoms with Crippen LogP contribution in [-0.2, 0) is 51.0 Å². The first-order valence-corrected chi connectivity index (χ1v) is 12.1. The molecule has 6 nitrogen and oxygen atoms in total. The van der Waals surface area contributed by atoms with Crippen molar-refractivity contribution >= 4 is 20.2 Å². The third-order valence-corrected chi connectivity index (χ3v) is 8.13. The number of allylic oxidation sites excluding steroid dienone is 1. The van der Waals surface area contributed by atoms with Gasteiger partial charge in [0, 0.05) is 22.4 Å². The molecule has 2 bridgehead atoms. The van der Waals surface area contributed by atoms with Crippen LogP contribution in [0.25, 0.3) is 0 Å². The molecule has 30 heavy (non-hydrogen) atoms. The SMILES string of the molecule is Cc1ccc(S(=O)(=O)OC2CC3C=CC2(OS(=O)(=O)c2ccc(C)cc2)C3)cc1.[Au]. The van der Waals surface area contributed by atoms with E-state index in [2.05, 4.69) is 0 Å². The van der Waals surface area contributed by atoms with Gasteiger partial charge in [0.2, 0.25) is 0 Å². The van der Waals surface area contributed by atoms with Crippen LogP contribution in [0.1, 0.15) is 24.0 Å². The molecule has 9 heteroatoms. The minimum Gasteiger partial charge on any atom is -0.260 e. The van der Waals surface area contributed by atoms with E-state index < -0.39 is 31.9 Å². The Labute approximate surface area is 193 Å². The van der Waals surface area contributed by atoms with Gasteiger partial charge in [-0.3, -0.25) is 8.37 Å². The molecule has 0 spiro atoms. The minimum absolute atomic E-state index is 0. The molecule has 3 atom stereocenters. The molecule has 1 fully saturated rings. The Hall–Kier alpha value is -1.26. The molecular weight excluding hydrogens is 609 g/mol. The summed E-state index contributed by atoms with van der Waals surface area (Å²) in [5.74, 6) is 0.0152. The smallest absolute Gasteiger partial charge is 0.260 e. The maximum atomic E-state index is 12.8. The number of rotatable bonds is 6. The Morgan fingerprint density at radius 2 is 1.33 bits per heavy atom. The average molecular weight is 632 g/mol. The normalized spacial score (nSPS) is 25.3. The molecule has 2 aromatic rings. The van der Waals surface area contributed by atoms with Crippen LogP contribution in [-0.4, -0.2) is 28.5 Å². The number of benzene rings is 2. The van der Waals surface area contributed by atoms with E-state index >= 15 is 0 Å². The van der Waals surface area contributed by atoms with Crippen LogP contribution in [0.2, 0.25) is 0 Å². The van der Waals surface area contributed by atoms with Gasteiger partial charge in [0.1, 0.15) is 11.7 Å². The zero-order chi connectivity index (χ0) is 20.9. The summed E-state index contributed by atoms with van der Waals surface area (Å²) in [6, 6.07) is 12.7. The van der Waals surface area contributed by atoms with Crippen LogP contribution in [0.3, 0.4) is 0 Å². The predicted octanol–water partition coefficient (Wildman–Crippen LogP) is 3.50. The fraction of sp³-hybridized carbons (Fsp3) is 0.333.